The second-order valence-electron chi connectivity index (χ2n) is 5.43. The van der Waals surface area contributed by atoms with Gasteiger partial charge >= 0.3 is 0 Å². The van der Waals surface area contributed by atoms with Gasteiger partial charge in [-0.3, -0.25) is 4.79 Å². The molecule has 0 unspecified atom stereocenters. The molecule has 0 aliphatic carbocycles. The first kappa shape index (κ1) is 15.7. The summed E-state index contributed by atoms with van der Waals surface area (Å²) in [6, 6.07) is 17.4. The van der Waals surface area contributed by atoms with Gasteiger partial charge in [0.15, 0.2) is 0 Å². The fraction of sp³-hybridized carbons (Fsp3) is 0.105. The third-order valence-corrected chi connectivity index (χ3v) is 3.73. The molecule has 3 rings (SSSR count). The first-order valence-corrected chi connectivity index (χ1v) is 7.63. The van der Waals surface area contributed by atoms with Crippen LogP contribution in [0.1, 0.15) is 16.1 Å². The number of amides is 1. The van der Waals surface area contributed by atoms with Crippen LogP contribution in [0.15, 0.2) is 67.0 Å². The highest BCUT2D eigenvalue weighted by atomic mass is 16.2. The van der Waals surface area contributed by atoms with Crippen LogP contribution in [-0.4, -0.2) is 22.9 Å². The molecule has 0 fully saturated rings. The van der Waals surface area contributed by atoms with E-state index >= 15 is 0 Å². The van der Waals surface area contributed by atoms with Crippen molar-refractivity contribution in [2.24, 2.45) is 0 Å². The minimum absolute atomic E-state index is 0.198. The molecule has 0 saturated heterocycles. The van der Waals surface area contributed by atoms with Gasteiger partial charge in [0.1, 0.15) is 11.5 Å². The van der Waals surface area contributed by atoms with Crippen molar-refractivity contribution in [2.75, 3.05) is 17.3 Å². The summed E-state index contributed by atoms with van der Waals surface area (Å²) < 4.78 is 0. The lowest BCUT2D eigenvalue weighted by molar-refractivity contribution is 0.0988. The zero-order valence-electron chi connectivity index (χ0n) is 13.6. The van der Waals surface area contributed by atoms with Gasteiger partial charge in [0.25, 0.3) is 5.91 Å². The van der Waals surface area contributed by atoms with Gasteiger partial charge in [-0.05, 0) is 30.7 Å². The summed E-state index contributed by atoms with van der Waals surface area (Å²) in [7, 11) is 1.72. The Bertz CT molecular complexity index is 832. The van der Waals surface area contributed by atoms with Crippen LogP contribution in [0.4, 0.5) is 17.2 Å². The molecule has 0 aliphatic heterocycles. The molecule has 1 aromatic heterocycles. The molecule has 120 valence electrons. The van der Waals surface area contributed by atoms with E-state index in [1.54, 1.807) is 18.1 Å². The first-order chi connectivity index (χ1) is 11.6. The minimum Gasteiger partial charge on any atom is -0.339 e. The maximum atomic E-state index is 12.5. The summed E-state index contributed by atoms with van der Waals surface area (Å²) in [6.07, 6.45) is 3.06. The van der Waals surface area contributed by atoms with Crippen molar-refractivity contribution in [2.45, 2.75) is 6.92 Å². The zero-order valence-corrected chi connectivity index (χ0v) is 13.6. The zero-order chi connectivity index (χ0) is 16.9. The van der Waals surface area contributed by atoms with Gasteiger partial charge < -0.3 is 10.2 Å². The van der Waals surface area contributed by atoms with Gasteiger partial charge in [-0.25, -0.2) is 9.97 Å². The molecule has 1 amide bonds. The Hall–Kier alpha value is -3.21. The largest absolute Gasteiger partial charge is 0.339 e. The normalized spacial score (nSPS) is 10.2. The number of hydrogen-bond acceptors (Lipinski definition) is 4. The molecule has 5 heteroatoms. The molecule has 0 atom stereocenters. The van der Waals surface area contributed by atoms with Crippen molar-refractivity contribution in [3.63, 3.8) is 0 Å². The average Bonchev–Trinajstić information content (AvgIpc) is 2.64. The number of nitrogens with one attached hydrogen (secondary N) is 1. The van der Waals surface area contributed by atoms with Crippen LogP contribution >= 0.6 is 0 Å². The third kappa shape index (κ3) is 3.41. The van der Waals surface area contributed by atoms with Crippen molar-refractivity contribution in [3.8, 4) is 0 Å². The van der Waals surface area contributed by atoms with Crippen LogP contribution < -0.4 is 10.2 Å². The van der Waals surface area contributed by atoms with Gasteiger partial charge in [0.05, 0.1) is 12.4 Å². The van der Waals surface area contributed by atoms with Gasteiger partial charge in [0, 0.05) is 18.4 Å². The van der Waals surface area contributed by atoms with Gasteiger partial charge in [-0.15, -0.1) is 0 Å². The van der Waals surface area contributed by atoms with Crippen LogP contribution in [0.3, 0.4) is 0 Å². The summed E-state index contributed by atoms with van der Waals surface area (Å²) in [4.78, 5) is 22.6. The van der Waals surface area contributed by atoms with Crippen molar-refractivity contribution in [1.29, 1.82) is 0 Å². The smallest absolute Gasteiger partial charge is 0.278 e. The Labute approximate surface area is 141 Å². The highest BCUT2D eigenvalue weighted by molar-refractivity contribution is 6.04. The Kier molecular flexibility index (Phi) is 4.52. The Morgan fingerprint density at radius 2 is 1.67 bits per heavy atom. The van der Waals surface area contributed by atoms with E-state index in [1.807, 2.05) is 61.5 Å². The molecule has 0 bridgehead atoms. The van der Waals surface area contributed by atoms with Gasteiger partial charge in [-0.2, -0.15) is 0 Å². The Morgan fingerprint density at radius 3 is 2.33 bits per heavy atom. The fourth-order valence-corrected chi connectivity index (χ4v) is 2.29. The summed E-state index contributed by atoms with van der Waals surface area (Å²) >= 11 is 0. The molecule has 0 radical (unpaired) electrons. The first-order valence-electron chi connectivity index (χ1n) is 7.63. The molecule has 3 aromatic rings. The maximum Gasteiger partial charge on any atom is 0.278 e. The van der Waals surface area contributed by atoms with E-state index in [1.165, 1.54) is 6.20 Å². The highest BCUT2D eigenvalue weighted by Gasteiger charge is 2.15. The number of nitrogens with zero attached hydrogens (tertiary/aromatic N) is 3. The maximum absolute atomic E-state index is 12.5. The number of carbonyl (C=O) groups excluding carboxylic acids is 1. The topological polar surface area (TPSA) is 58.1 Å². The Balaban J connectivity index is 1.75. The molecular weight excluding hydrogens is 300 g/mol. The molecule has 5 nitrogen and oxygen atoms in total. The van der Waals surface area contributed by atoms with E-state index in [9.17, 15) is 4.79 Å². The van der Waals surface area contributed by atoms with E-state index < -0.39 is 0 Å². The average molecular weight is 318 g/mol. The monoisotopic (exact) mass is 318 g/mol. The predicted octanol–water partition coefficient (Wildman–Crippen LogP) is 3.81. The lowest BCUT2D eigenvalue weighted by Gasteiger charge is -2.16. The number of rotatable bonds is 4. The standard InChI is InChI=1S/C19H18N4O/c1-14-8-6-7-11-16(14)22-18-13-20-17(12-21-18)19(24)23(2)15-9-4-3-5-10-15/h3-13H,1-2H3,(H,21,22). The Morgan fingerprint density at radius 1 is 0.958 bits per heavy atom. The lowest BCUT2D eigenvalue weighted by atomic mass is 10.2. The molecule has 0 aliphatic rings. The number of aromatic nitrogens is 2. The number of aryl methyl sites for hydroxylation is 1. The molecular formula is C19H18N4O. The van der Waals surface area contributed by atoms with E-state index in [0.29, 0.717) is 11.5 Å². The number of benzene rings is 2. The predicted molar refractivity (Wildman–Crippen MR) is 95.7 cm³/mol. The van der Waals surface area contributed by atoms with Crippen LogP contribution in [0, 0.1) is 6.92 Å². The lowest BCUT2D eigenvalue weighted by Crippen LogP contribution is -2.27. The summed E-state index contributed by atoms with van der Waals surface area (Å²) in [5.74, 6) is 0.402. The van der Waals surface area contributed by atoms with Crippen molar-refractivity contribution >= 4 is 23.1 Å². The van der Waals surface area contributed by atoms with Crippen LogP contribution in [-0.2, 0) is 0 Å². The van der Waals surface area contributed by atoms with Gasteiger partial charge in [-0.1, -0.05) is 36.4 Å². The van der Waals surface area contributed by atoms with Crippen molar-refractivity contribution in [3.05, 3.63) is 78.2 Å². The summed E-state index contributed by atoms with van der Waals surface area (Å²) in [5.41, 5.74) is 3.19. The van der Waals surface area contributed by atoms with Crippen molar-refractivity contribution in [1.82, 2.24) is 9.97 Å². The fourth-order valence-electron chi connectivity index (χ4n) is 2.29. The summed E-state index contributed by atoms with van der Waals surface area (Å²) in [6.45, 7) is 2.02. The minimum atomic E-state index is -0.198. The molecule has 0 spiro atoms. The van der Waals surface area contributed by atoms with Crippen LogP contribution in [0.25, 0.3) is 0 Å². The summed E-state index contributed by atoms with van der Waals surface area (Å²) in [5, 5.41) is 3.20. The van der Waals surface area contributed by atoms with E-state index in [4.69, 9.17) is 0 Å². The number of carbonyl (C=O) groups is 1. The number of hydrogen-bond donors (Lipinski definition) is 1. The molecule has 24 heavy (non-hydrogen) atoms. The molecule has 0 saturated carbocycles. The SMILES string of the molecule is Cc1ccccc1Nc1cnc(C(=O)N(C)c2ccccc2)cn1. The van der Waals surface area contributed by atoms with E-state index in [-0.39, 0.29) is 5.91 Å². The molecule has 1 N–H and O–H groups in total. The van der Waals surface area contributed by atoms with Crippen molar-refractivity contribution < 1.29 is 4.79 Å². The molecule has 2 aromatic carbocycles. The van der Waals surface area contributed by atoms with E-state index in [2.05, 4.69) is 15.3 Å². The third-order valence-electron chi connectivity index (χ3n) is 3.73. The quantitative estimate of drug-likeness (QED) is 0.795. The van der Waals surface area contributed by atoms with Crippen LogP contribution in [0.5, 0.6) is 0 Å². The van der Waals surface area contributed by atoms with Gasteiger partial charge in [0.2, 0.25) is 0 Å². The number of para-hydroxylation sites is 2. The van der Waals surface area contributed by atoms with E-state index in [0.717, 1.165) is 16.9 Å². The number of anilines is 3. The highest BCUT2D eigenvalue weighted by Crippen LogP contribution is 2.18. The van der Waals surface area contributed by atoms with Crippen LogP contribution in [0.2, 0.25) is 0 Å². The second kappa shape index (κ2) is 6.91. The molecule has 1 heterocycles. The second-order valence-corrected chi connectivity index (χ2v) is 5.43.